The second-order valence-corrected chi connectivity index (χ2v) is 2.70. The summed E-state index contributed by atoms with van der Waals surface area (Å²) in [4.78, 5) is 0. The minimum absolute atomic E-state index is 0.871. The van der Waals surface area contributed by atoms with E-state index < -0.39 is 0 Å². The molecule has 2 heteroatoms. The molecule has 0 amide bonds. The van der Waals surface area contributed by atoms with E-state index in [9.17, 15) is 0 Å². The van der Waals surface area contributed by atoms with Crippen molar-refractivity contribution in [2.45, 2.75) is 6.54 Å². The number of rotatable bonds is 2. The van der Waals surface area contributed by atoms with Crippen LogP contribution in [0.3, 0.4) is 0 Å². The van der Waals surface area contributed by atoms with Crippen molar-refractivity contribution in [2.75, 3.05) is 0 Å². The summed E-state index contributed by atoms with van der Waals surface area (Å²) in [5, 5.41) is 0. The van der Waals surface area contributed by atoms with Crippen molar-refractivity contribution in [3.05, 3.63) is 35.9 Å². The second kappa shape index (κ2) is 3.68. The van der Waals surface area contributed by atoms with Gasteiger partial charge in [-0.15, -0.1) is 0 Å². The summed E-state index contributed by atoms with van der Waals surface area (Å²) in [5.74, 6) is 0. The normalized spacial score (nSPS) is 8.89. The van der Waals surface area contributed by atoms with Gasteiger partial charge >= 0.3 is 65.6 Å². The predicted molar refractivity (Wildman–Crippen MR) is 32.6 cm³/mol. The van der Waals surface area contributed by atoms with Crippen LogP contribution in [0.4, 0.5) is 0 Å². The summed E-state index contributed by atoms with van der Waals surface area (Å²) in [6.07, 6.45) is 0. The molecule has 0 fully saturated rings. The van der Waals surface area contributed by atoms with Crippen molar-refractivity contribution < 1.29 is 19.6 Å². The molecule has 1 rings (SSSR count). The Morgan fingerprint density at radius 1 is 1.22 bits per heavy atom. The van der Waals surface area contributed by atoms with E-state index in [0.717, 1.165) is 6.54 Å². The van der Waals surface area contributed by atoms with Crippen LogP contribution in [0.1, 0.15) is 5.56 Å². The number of hydrogen-bond acceptors (Lipinski definition) is 1. The van der Waals surface area contributed by atoms with Gasteiger partial charge < -0.3 is 0 Å². The van der Waals surface area contributed by atoms with Crippen LogP contribution in [0.15, 0.2) is 33.8 Å². The molecule has 0 unspecified atom stereocenters. The number of benzene rings is 1. The van der Waals surface area contributed by atoms with Crippen molar-refractivity contribution >= 4 is 0 Å². The van der Waals surface area contributed by atoms with Gasteiger partial charge in [0.25, 0.3) is 0 Å². The molecule has 0 heterocycles. The molecule has 0 saturated heterocycles. The molecule has 1 nitrogen and oxygen atoms in total. The summed E-state index contributed by atoms with van der Waals surface area (Å²) in [6.45, 7) is 0.871. The Labute approximate surface area is 65.9 Å². The van der Waals surface area contributed by atoms with E-state index in [0.29, 0.717) is 0 Å². The Balaban J connectivity index is 2.72. The Morgan fingerprint density at radius 3 is 2.44 bits per heavy atom. The predicted octanol–water partition coefficient (Wildman–Crippen LogP) is 1.92. The Kier molecular flexibility index (Phi) is 2.79. The van der Waals surface area contributed by atoms with E-state index in [1.165, 1.54) is 25.2 Å². The SMILES string of the molecule is [W]=[N]Cc1ccccc1. The third-order valence-corrected chi connectivity index (χ3v) is 1.55. The van der Waals surface area contributed by atoms with Gasteiger partial charge in [0, 0.05) is 0 Å². The molecule has 0 N–H and O–H groups in total. The average Bonchev–Trinajstić information content (AvgIpc) is 1.91. The second-order valence-electron chi connectivity index (χ2n) is 1.77. The molecular weight excluding hydrogens is 282 g/mol. The van der Waals surface area contributed by atoms with E-state index in [1.54, 1.807) is 0 Å². The van der Waals surface area contributed by atoms with Crippen molar-refractivity contribution in [1.29, 1.82) is 0 Å². The van der Waals surface area contributed by atoms with Crippen LogP contribution in [0.25, 0.3) is 0 Å². The van der Waals surface area contributed by atoms with Crippen LogP contribution in [-0.4, -0.2) is 0 Å². The van der Waals surface area contributed by atoms with Crippen molar-refractivity contribution in [3.63, 3.8) is 0 Å². The molecule has 0 aliphatic heterocycles. The molecule has 0 aliphatic rings. The standard InChI is InChI=1S/C7H7N.W/c8-6-7-4-2-1-3-5-7;/h1-5H,6H2;. The van der Waals surface area contributed by atoms with E-state index in [1.807, 2.05) is 18.2 Å². The van der Waals surface area contributed by atoms with E-state index >= 15 is 0 Å². The molecule has 9 heavy (non-hydrogen) atoms. The van der Waals surface area contributed by atoms with Gasteiger partial charge in [0.2, 0.25) is 0 Å². The molecule has 0 aliphatic carbocycles. The molecule has 0 atom stereocenters. The summed E-state index contributed by atoms with van der Waals surface area (Å²) in [5.41, 5.74) is 1.30. The Bertz CT molecular complexity index is 183. The first-order chi connectivity index (χ1) is 4.43. The topological polar surface area (TPSA) is 12.4 Å². The molecule has 0 bridgehead atoms. The van der Waals surface area contributed by atoms with E-state index in [-0.39, 0.29) is 0 Å². The fraction of sp³-hybridized carbons (Fsp3) is 0.143. The zero-order chi connectivity index (χ0) is 6.53. The summed E-state index contributed by atoms with van der Waals surface area (Å²) >= 11 is 1.30. The maximum atomic E-state index is 4.09. The third kappa shape index (κ3) is 2.19. The first kappa shape index (κ1) is 6.82. The maximum absolute atomic E-state index is 4.09. The van der Waals surface area contributed by atoms with Gasteiger partial charge in [-0.25, -0.2) is 0 Å². The summed E-state index contributed by atoms with van der Waals surface area (Å²) < 4.78 is 4.09. The minimum atomic E-state index is 0.871. The summed E-state index contributed by atoms with van der Waals surface area (Å²) in [6, 6.07) is 10.3. The number of hydrogen-bond donors (Lipinski definition) is 0. The van der Waals surface area contributed by atoms with Crippen LogP contribution in [0.2, 0.25) is 0 Å². The van der Waals surface area contributed by atoms with E-state index in [4.69, 9.17) is 0 Å². The average molecular weight is 289 g/mol. The first-order valence-corrected chi connectivity index (χ1v) is 4.07. The van der Waals surface area contributed by atoms with Crippen molar-refractivity contribution in [2.24, 2.45) is 3.50 Å². The molecule has 0 radical (unpaired) electrons. The van der Waals surface area contributed by atoms with Crippen LogP contribution < -0.4 is 0 Å². The van der Waals surface area contributed by atoms with Crippen LogP contribution >= 0.6 is 0 Å². The molecule has 1 aromatic rings. The summed E-state index contributed by atoms with van der Waals surface area (Å²) in [7, 11) is 0. The molecule has 0 spiro atoms. The van der Waals surface area contributed by atoms with Crippen LogP contribution in [0.5, 0.6) is 0 Å². The quantitative estimate of drug-likeness (QED) is 0.788. The Hall–Kier alpha value is -0.292. The zero-order valence-corrected chi connectivity index (χ0v) is 7.88. The molecule has 0 saturated carbocycles. The molecule has 1 aromatic carbocycles. The molecular formula is C7H7NW. The van der Waals surface area contributed by atoms with Gasteiger partial charge in [-0.3, -0.25) is 0 Å². The van der Waals surface area contributed by atoms with Gasteiger partial charge in [-0.2, -0.15) is 0 Å². The van der Waals surface area contributed by atoms with Gasteiger partial charge in [0.15, 0.2) is 0 Å². The molecule has 0 aromatic heterocycles. The monoisotopic (exact) mass is 289 g/mol. The fourth-order valence-electron chi connectivity index (χ4n) is 0.658. The third-order valence-electron chi connectivity index (χ3n) is 1.09. The molecule has 46 valence electrons. The van der Waals surface area contributed by atoms with Gasteiger partial charge in [0.1, 0.15) is 0 Å². The first-order valence-electron chi connectivity index (χ1n) is 2.76. The van der Waals surface area contributed by atoms with Gasteiger partial charge in [-0.05, 0) is 0 Å². The fourth-order valence-corrected chi connectivity index (χ4v) is 1.19. The van der Waals surface area contributed by atoms with Crippen LogP contribution in [0, 0.1) is 0 Å². The zero-order valence-electron chi connectivity index (χ0n) is 4.95. The van der Waals surface area contributed by atoms with Crippen LogP contribution in [-0.2, 0) is 26.2 Å². The van der Waals surface area contributed by atoms with Crippen molar-refractivity contribution in [1.82, 2.24) is 0 Å². The Morgan fingerprint density at radius 2 is 1.89 bits per heavy atom. The van der Waals surface area contributed by atoms with Crippen molar-refractivity contribution in [3.8, 4) is 0 Å². The van der Waals surface area contributed by atoms with Gasteiger partial charge in [0.05, 0.1) is 0 Å². The van der Waals surface area contributed by atoms with Gasteiger partial charge in [-0.1, -0.05) is 0 Å². The van der Waals surface area contributed by atoms with E-state index in [2.05, 4.69) is 15.6 Å². The number of nitrogens with zero attached hydrogens (tertiary/aromatic N) is 1.